The zero-order valence-electron chi connectivity index (χ0n) is 14.0. The fraction of sp³-hybridized carbons (Fsp3) is 0.222. The third-order valence-electron chi connectivity index (χ3n) is 3.19. The number of para-hydroxylation sites is 1. The Kier molecular flexibility index (Phi) is 7.12. The lowest BCUT2D eigenvalue weighted by Gasteiger charge is -2.09. The number of methoxy groups -OCH3 is 1. The van der Waals surface area contributed by atoms with Gasteiger partial charge in [0.1, 0.15) is 18.1 Å². The van der Waals surface area contributed by atoms with Crippen molar-refractivity contribution in [2.24, 2.45) is 0 Å². The number of amides is 3. The third-order valence-corrected chi connectivity index (χ3v) is 3.19. The maximum absolute atomic E-state index is 11.7. The average molecular weight is 343 g/mol. The van der Waals surface area contributed by atoms with Crippen LogP contribution < -0.4 is 25.4 Å². The Morgan fingerprint density at radius 3 is 2.28 bits per heavy atom. The van der Waals surface area contributed by atoms with Crippen molar-refractivity contribution >= 4 is 17.6 Å². The average Bonchev–Trinajstić information content (AvgIpc) is 2.65. The number of urea groups is 1. The minimum absolute atomic E-state index is 0.110. The second-order valence-electron chi connectivity index (χ2n) is 5.05. The zero-order chi connectivity index (χ0) is 17.9. The summed E-state index contributed by atoms with van der Waals surface area (Å²) in [6, 6.07) is 15.7. The summed E-state index contributed by atoms with van der Waals surface area (Å²) >= 11 is 0. The summed E-state index contributed by atoms with van der Waals surface area (Å²) in [5.74, 6) is 1.15. The highest BCUT2D eigenvalue weighted by Gasteiger charge is 2.05. The van der Waals surface area contributed by atoms with Crippen molar-refractivity contribution < 1.29 is 19.1 Å². The van der Waals surface area contributed by atoms with Gasteiger partial charge in [-0.3, -0.25) is 4.79 Å². The molecule has 0 atom stereocenters. The number of ether oxygens (including phenoxy) is 2. The molecule has 2 aromatic carbocycles. The molecule has 0 unspecified atom stereocenters. The van der Waals surface area contributed by atoms with E-state index in [0.717, 1.165) is 5.75 Å². The predicted octanol–water partition coefficient (Wildman–Crippen LogP) is 2.01. The monoisotopic (exact) mass is 343 g/mol. The lowest BCUT2D eigenvalue weighted by molar-refractivity contribution is -0.120. The van der Waals surface area contributed by atoms with Crippen LogP contribution in [0.5, 0.6) is 11.5 Å². The molecule has 3 amide bonds. The topological polar surface area (TPSA) is 88.7 Å². The number of rotatable bonds is 8. The van der Waals surface area contributed by atoms with Crippen LogP contribution in [0.2, 0.25) is 0 Å². The second-order valence-corrected chi connectivity index (χ2v) is 5.05. The van der Waals surface area contributed by atoms with E-state index < -0.39 is 6.03 Å². The molecule has 2 rings (SSSR count). The first kappa shape index (κ1) is 18.1. The molecule has 0 saturated carbocycles. The van der Waals surface area contributed by atoms with Crippen LogP contribution in [0.15, 0.2) is 54.6 Å². The molecule has 25 heavy (non-hydrogen) atoms. The first-order valence-electron chi connectivity index (χ1n) is 7.81. The molecule has 0 heterocycles. The quantitative estimate of drug-likeness (QED) is 0.640. The lowest BCUT2D eigenvalue weighted by atomic mass is 10.3. The van der Waals surface area contributed by atoms with Crippen LogP contribution in [0.3, 0.4) is 0 Å². The van der Waals surface area contributed by atoms with Crippen molar-refractivity contribution in [2.75, 3.05) is 32.1 Å². The van der Waals surface area contributed by atoms with Crippen LogP contribution in [0.4, 0.5) is 10.5 Å². The van der Waals surface area contributed by atoms with E-state index >= 15 is 0 Å². The number of hydrogen-bond acceptors (Lipinski definition) is 4. The molecule has 132 valence electrons. The van der Waals surface area contributed by atoms with Gasteiger partial charge >= 0.3 is 6.03 Å². The summed E-state index contributed by atoms with van der Waals surface area (Å²) in [7, 11) is 1.60. The molecule has 0 bridgehead atoms. The number of nitrogens with one attached hydrogen (secondary N) is 3. The molecule has 0 spiro atoms. The summed E-state index contributed by atoms with van der Waals surface area (Å²) < 4.78 is 10.5. The number of carbonyl (C=O) groups is 2. The summed E-state index contributed by atoms with van der Waals surface area (Å²) in [5.41, 5.74) is 0.660. The van der Waals surface area contributed by atoms with Gasteiger partial charge in [-0.25, -0.2) is 4.79 Å². The van der Waals surface area contributed by atoms with Crippen molar-refractivity contribution in [3.8, 4) is 11.5 Å². The van der Waals surface area contributed by atoms with Crippen LogP contribution in [0, 0.1) is 0 Å². The van der Waals surface area contributed by atoms with Crippen molar-refractivity contribution in [1.82, 2.24) is 10.6 Å². The zero-order valence-corrected chi connectivity index (χ0v) is 14.0. The van der Waals surface area contributed by atoms with Crippen molar-refractivity contribution in [2.45, 2.75) is 0 Å². The van der Waals surface area contributed by atoms with E-state index in [0.29, 0.717) is 24.6 Å². The van der Waals surface area contributed by atoms with Crippen molar-refractivity contribution in [3.63, 3.8) is 0 Å². The molecule has 7 heteroatoms. The molecule has 0 aromatic heterocycles. The Balaban J connectivity index is 1.58. The molecule has 7 nitrogen and oxygen atoms in total. The Morgan fingerprint density at radius 2 is 1.60 bits per heavy atom. The first-order valence-corrected chi connectivity index (χ1v) is 7.81. The highest BCUT2D eigenvalue weighted by molar-refractivity contribution is 5.92. The third kappa shape index (κ3) is 6.82. The van der Waals surface area contributed by atoms with Crippen molar-refractivity contribution in [1.29, 1.82) is 0 Å². The van der Waals surface area contributed by atoms with Crippen LogP contribution in [-0.4, -0.2) is 38.7 Å². The van der Waals surface area contributed by atoms with E-state index in [4.69, 9.17) is 9.47 Å². The van der Waals surface area contributed by atoms with Crippen LogP contribution in [-0.2, 0) is 4.79 Å². The Hall–Kier alpha value is -3.22. The Labute approximate surface area is 146 Å². The van der Waals surface area contributed by atoms with Crippen molar-refractivity contribution in [3.05, 3.63) is 54.6 Å². The SMILES string of the molecule is COc1ccc(OCCNC(=O)CNC(=O)Nc2ccccc2)cc1. The fourth-order valence-corrected chi connectivity index (χ4v) is 1.95. The molecular weight excluding hydrogens is 322 g/mol. The second kappa shape index (κ2) is 9.82. The molecule has 2 aromatic rings. The fourth-order valence-electron chi connectivity index (χ4n) is 1.95. The van der Waals surface area contributed by atoms with Gasteiger partial charge in [-0.1, -0.05) is 18.2 Å². The molecular formula is C18H21N3O4. The van der Waals surface area contributed by atoms with E-state index in [1.807, 2.05) is 18.2 Å². The van der Waals surface area contributed by atoms with Gasteiger partial charge in [0, 0.05) is 5.69 Å². The molecule has 0 radical (unpaired) electrons. The highest BCUT2D eigenvalue weighted by Crippen LogP contribution is 2.16. The molecule has 0 aliphatic carbocycles. The standard InChI is InChI=1S/C18H21N3O4/c1-24-15-7-9-16(10-8-15)25-12-11-19-17(22)13-20-18(23)21-14-5-3-2-4-6-14/h2-10H,11-13H2,1H3,(H,19,22)(H2,20,21,23). The number of benzene rings is 2. The van der Waals surface area contributed by atoms with Gasteiger partial charge in [0.2, 0.25) is 5.91 Å². The van der Waals surface area contributed by atoms with Crippen LogP contribution in [0.1, 0.15) is 0 Å². The molecule has 0 aliphatic heterocycles. The van der Waals surface area contributed by atoms with E-state index in [-0.39, 0.29) is 12.5 Å². The minimum atomic E-state index is -0.434. The smallest absolute Gasteiger partial charge is 0.319 e. The van der Waals surface area contributed by atoms with E-state index in [2.05, 4.69) is 16.0 Å². The first-order chi connectivity index (χ1) is 12.2. The van der Waals surface area contributed by atoms with Gasteiger partial charge in [-0.15, -0.1) is 0 Å². The van der Waals surface area contributed by atoms with E-state index in [1.165, 1.54) is 0 Å². The minimum Gasteiger partial charge on any atom is -0.497 e. The normalized spacial score (nSPS) is 9.80. The summed E-state index contributed by atoms with van der Waals surface area (Å²) in [6.07, 6.45) is 0. The van der Waals surface area contributed by atoms with Gasteiger partial charge in [-0.05, 0) is 36.4 Å². The predicted molar refractivity (Wildman–Crippen MR) is 95.0 cm³/mol. The summed E-state index contributed by atoms with van der Waals surface area (Å²) in [6.45, 7) is 0.558. The van der Waals surface area contributed by atoms with Gasteiger partial charge in [0.05, 0.1) is 20.2 Å². The van der Waals surface area contributed by atoms with Gasteiger partial charge in [-0.2, -0.15) is 0 Å². The van der Waals surface area contributed by atoms with E-state index in [9.17, 15) is 9.59 Å². The number of hydrogen-bond donors (Lipinski definition) is 3. The largest absolute Gasteiger partial charge is 0.497 e. The lowest BCUT2D eigenvalue weighted by Crippen LogP contribution is -2.40. The van der Waals surface area contributed by atoms with E-state index in [1.54, 1.807) is 43.5 Å². The summed E-state index contributed by atoms with van der Waals surface area (Å²) in [4.78, 5) is 23.3. The highest BCUT2D eigenvalue weighted by atomic mass is 16.5. The molecule has 0 fully saturated rings. The van der Waals surface area contributed by atoms with Gasteiger partial charge in [0.15, 0.2) is 0 Å². The van der Waals surface area contributed by atoms with Crippen LogP contribution in [0.25, 0.3) is 0 Å². The number of anilines is 1. The number of carbonyl (C=O) groups excluding carboxylic acids is 2. The summed E-state index contributed by atoms with van der Waals surface area (Å²) in [5, 5.41) is 7.78. The van der Waals surface area contributed by atoms with Gasteiger partial charge < -0.3 is 25.4 Å². The molecule has 3 N–H and O–H groups in total. The van der Waals surface area contributed by atoms with Crippen LogP contribution >= 0.6 is 0 Å². The van der Waals surface area contributed by atoms with Gasteiger partial charge in [0.25, 0.3) is 0 Å². The Morgan fingerprint density at radius 1 is 0.920 bits per heavy atom. The molecule has 0 saturated heterocycles. The maximum atomic E-state index is 11.7. The maximum Gasteiger partial charge on any atom is 0.319 e. The Bertz CT molecular complexity index is 674. The molecule has 0 aliphatic rings.